The van der Waals surface area contributed by atoms with E-state index in [0.29, 0.717) is 11.4 Å². The fourth-order valence-corrected chi connectivity index (χ4v) is 2.10. The van der Waals surface area contributed by atoms with Crippen molar-refractivity contribution in [1.29, 1.82) is 0 Å². The van der Waals surface area contributed by atoms with Crippen LogP contribution in [0.15, 0.2) is 34.8 Å². The van der Waals surface area contributed by atoms with Gasteiger partial charge in [-0.05, 0) is 31.2 Å². The van der Waals surface area contributed by atoms with Crippen LogP contribution in [0.3, 0.4) is 0 Å². The molecule has 0 bridgehead atoms. The SMILES string of the molecule is Cc1cc(C(F)F)nn1CC(=O)Nc1cccc(Br)c1. The molecule has 1 amide bonds. The molecule has 0 radical (unpaired) electrons. The number of hydrogen-bond donors (Lipinski definition) is 1. The first kappa shape index (κ1) is 14.6. The number of aryl methyl sites for hydroxylation is 1. The molecule has 1 aromatic heterocycles. The van der Waals surface area contributed by atoms with Crippen LogP contribution in [-0.2, 0) is 11.3 Å². The van der Waals surface area contributed by atoms with Crippen molar-refractivity contribution in [1.82, 2.24) is 9.78 Å². The Bertz CT molecular complexity index is 628. The molecule has 2 aromatic rings. The molecule has 0 aliphatic heterocycles. The predicted molar refractivity (Wildman–Crippen MR) is 74.7 cm³/mol. The molecule has 1 heterocycles. The molecule has 0 fully saturated rings. The quantitative estimate of drug-likeness (QED) is 0.922. The Balaban J connectivity index is 2.05. The van der Waals surface area contributed by atoms with Gasteiger partial charge in [-0.15, -0.1) is 0 Å². The van der Waals surface area contributed by atoms with Gasteiger partial charge in [-0.2, -0.15) is 5.10 Å². The van der Waals surface area contributed by atoms with Gasteiger partial charge in [0.1, 0.15) is 12.2 Å². The number of carbonyl (C=O) groups excluding carboxylic acids is 1. The molecule has 4 nitrogen and oxygen atoms in total. The van der Waals surface area contributed by atoms with E-state index in [2.05, 4.69) is 26.3 Å². The highest BCUT2D eigenvalue weighted by atomic mass is 79.9. The van der Waals surface area contributed by atoms with Crippen LogP contribution in [0, 0.1) is 6.92 Å². The zero-order chi connectivity index (χ0) is 14.7. The van der Waals surface area contributed by atoms with Crippen LogP contribution >= 0.6 is 15.9 Å². The average Bonchev–Trinajstić information content (AvgIpc) is 2.71. The highest BCUT2D eigenvalue weighted by Gasteiger charge is 2.15. The summed E-state index contributed by atoms with van der Waals surface area (Å²) in [6, 6.07) is 8.38. The number of alkyl halides is 2. The van der Waals surface area contributed by atoms with Gasteiger partial charge in [-0.3, -0.25) is 9.48 Å². The van der Waals surface area contributed by atoms with Crippen LogP contribution in [0.4, 0.5) is 14.5 Å². The molecule has 0 saturated carbocycles. The lowest BCUT2D eigenvalue weighted by atomic mass is 10.3. The molecule has 0 spiro atoms. The number of aromatic nitrogens is 2. The van der Waals surface area contributed by atoms with Crippen molar-refractivity contribution in [2.24, 2.45) is 0 Å². The van der Waals surface area contributed by atoms with Crippen molar-refractivity contribution >= 4 is 27.5 Å². The van der Waals surface area contributed by atoms with Gasteiger partial charge in [-0.1, -0.05) is 22.0 Å². The fraction of sp³-hybridized carbons (Fsp3) is 0.231. The zero-order valence-corrected chi connectivity index (χ0v) is 12.2. The minimum Gasteiger partial charge on any atom is -0.324 e. The smallest absolute Gasteiger partial charge is 0.282 e. The van der Waals surface area contributed by atoms with Gasteiger partial charge < -0.3 is 5.32 Å². The van der Waals surface area contributed by atoms with Gasteiger partial charge in [0.25, 0.3) is 6.43 Å². The monoisotopic (exact) mass is 343 g/mol. The molecule has 0 aliphatic rings. The van der Waals surface area contributed by atoms with Gasteiger partial charge in [0.2, 0.25) is 5.91 Å². The summed E-state index contributed by atoms with van der Waals surface area (Å²) in [5, 5.41) is 6.38. The highest BCUT2D eigenvalue weighted by molar-refractivity contribution is 9.10. The van der Waals surface area contributed by atoms with Crippen molar-refractivity contribution in [2.75, 3.05) is 5.32 Å². The summed E-state index contributed by atoms with van der Waals surface area (Å²) in [6.07, 6.45) is -2.64. The van der Waals surface area contributed by atoms with E-state index in [1.807, 2.05) is 6.07 Å². The Morgan fingerprint density at radius 3 is 2.80 bits per heavy atom. The first-order valence-corrected chi connectivity index (χ1v) is 6.63. The third-order valence-electron chi connectivity index (χ3n) is 2.63. The van der Waals surface area contributed by atoms with E-state index >= 15 is 0 Å². The molecule has 0 unspecified atom stereocenters. The molecule has 1 N–H and O–H groups in total. The van der Waals surface area contributed by atoms with E-state index < -0.39 is 6.43 Å². The lowest BCUT2D eigenvalue weighted by Crippen LogP contribution is -2.20. The molecule has 2 rings (SSSR count). The van der Waals surface area contributed by atoms with Crippen LogP contribution < -0.4 is 5.32 Å². The van der Waals surface area contributed by atoms with Crippen LogP contribution in [0.1, 0.15) is 17.8 Å². The maximum absolute atomic E-state index is 12.5. The number of amides is 1. The number of nitrogens with one attached hydrogen (secondary N) is 1. The molecule has 20 heavy (non-hydrogen) atoms. The van der Waals surface area contributed by atoms with Gasteiger partial charge in [-0.25, -0.2) is 8.78 Å². The first-order valence-electron chi connectivity index (χ1n) is 5.83. The lowest BCUT2D eigenvalue weighted by molar-refractivity contribution is -0.117. The Morgan fingerprint density at radius 2 is 2.20 bits per heavy atom. The molecule has 0 atom stereocenters. The van der Waals surface area contributed by atoms with Crippen molar-refractivity contribution in [3.63, 3.8) is 0 Å². The molecule has 106 valence electrons. The van der Waals surface area contributed by atoms with E-state index in [4.69, 9.17) is 0 Å². The Morgan fingerprint density at radius 1 is 1.45 bits per heavy atom. The lowest BCUT2D eigenvalue weighted by Gasteiger charge is -2.07. The second-order valence-electron chi connectivity index (χ2n) is 4.23. The zero-order valence-electron chi connectivity index (χ0n) is 10.6. The second kappa shape index (κ2) is 6.13. The molecule has 1 aromatic carbocycles. The van der Waals surface area contributed by atoms with Gasteiger partial charge in [0.15, 0.2) is 0 Å². The van der Waals surface area contributed by atoms with Crippen molar-refractivity contribution in [2.45, 2.75) is 19.9 Å². The highest BCUT2D eigenvalue weighted by Crippen LogP contribution is 2.18. The number of anilines is 1. The summed E-state index contributed by atoms with van der Waals surface area (Å²) in [6.45, 7) is 1.52. The molecule has 7 heteroatoms. The maximum Gasteiger partial charge on any atom is 0.282 e. The number of hydrogen-bond acceptors (Lipinski definition) is 2. The summed E-state index contributed by atoms with van der Waals surface area (Å²) >= 11 is 3.30. The molecular formula is C13H12BrF2N3O. The van der Waals surface area contributed by atoms with Crippen molar-refractivity contribution in [3.05, 3.63) is 46.2 Å². The van der Waals surface area contributed by atoms with Gasteiger partial charge >= 0.3 is 0 Å². The van der Waals surface area contributed by atoms with Crippen LogP contribution in [0.5, 0.6) is 0 Å². The molecular weight excluding hydrogens is 332 g/mol. The third-order valence-corrected chi connectivity index (χ3v) is 3.12. The minimum absolute atomic E-state index is 0.106. The van der Waals surface area contributed by atoms with Gasteiger partial charge in [0.05, 0.1) is 0 Å². The van der Waals surface area contributed by atoms with Crippen LogP contribution in [0.2, 0.25) is 0 Å². The average molecular weight is 344 g/mol. The number of rotatable bonds is 4. The Hall–Kier alpha value is -1.76. The van der Waals surface area contributed by atoms with E-state index in [1.54, 1.807) is 25.1 Å². The predicted octanol–water partition coefficient (Wildman–Crippen LogP) is 3.53. The third kappa shape index (κ3) is 3.63. The summed E-state index contributed by atoms with van der Waals surface area (Å²) in [5.74, 6) is -0.324. The number of halogens is 3. The largest absolute Gasteiger partial charge is 0.324 e. The van der Waals surface area contributed by atoms with E-state index in [9.17, 15) is 13.6 Å². The fourth-order valence-electron chi connectivity index (χ4n) is 1.71. The van der Waals surface area contributed by atoms with E-state index in [0.717, 1.165) is 4.47 Å². The topological polar surface area (TPSA) is 46.9 Å². The standard InChI is InChI=1S/C13H12BrF2N3O/c1-8-5-11(13(15)16)18-19(8)7-12(20)17-10-4-2-3-9(14)6-10/h2-6,13H,7H2,1H3,(H,17,20). The summed E-state index contributed by atoms with van der Waals surface area (Å²) < 4.78 is 27.1. The maximum atomic E-state index is 12.5. The van der Waals surface area contributed by atoms with E-state index in [1.165, 1.54) is 10.7 Å². The summed E-state index contributed by atoms with van der Waals surface area (Å²) in [7, 11) is 0. The second-order valence-corrected chi connectivity index (χ2v) is 5.14. The van der Waals surface area contributed by atoms with Crippen molar-refractivity contribution < 1.29 is 13.6 Å². The van der Waals surface area contributed by atoms with Crippen LogP contribution in [0.25, 0.3) is 0 Å². The number of nitrogens with zero attached hydrogens (tertiary/aromatic N) is 2. The van der Waals surface area contributed by atoms with Gasteiger partial charge in [0, 0.05) is 15.9 Å². The molecule has 0 saturated heterocycles. The number of benzene rings is 1. The Labute approximate surface area is 122 Å². The number of carbonyl (C=O) groups is 1. The van der Waals surface area contributed by atoms with Crippen LogP contribution in [-0.4, -0.2) is 15.7 Å². The van der Waals surface area contributed by atoms with E-state index in [-0.39, 0.29) is 18.1 Å². The molecule has 0 aliphatic carbocycles. The Kier molecular flexibility index (Phi) is 4.49. The summed E-state index contributed by atoms with van der Waals surface area (Å²) in [5.41, 5.74) is 0.825. The minimum atomic E-state index is -2.64. The van der Waals surface area contributed by atoms with Crippen molar-refractivity contribution in [3.8, 4) is 0 Å². The first-order chi connectivity index (χ1) is 9.45. The normalized spacial score (nSPS) is 10.8. The summed E-state index contributed by atoms with van der Waals surface area (Å²) in [4.78, 5) is 11.8.